The Morgan fingerprint density at radius 3 is 1.72 bits per heavy atom. The number of hydrogen-bond acceptors (Lipinski definition) is 3. The van der Waals surface area contributed by atoms with Crippen LogP contribution in [0.2, 0.25) is 10.0 Å². The first-order valence-corrected chi connectivity index (χ1v) is 8.46. The number of aromatic nitrogens is 2. The lowest BCUT2D eigenvalue weighted by Gasteiger charge is -2.13. The van der Waals surface area contributed by atoms with Gasteiger partial charge in [0.15, 0.2) is 0 Å². The minimum Gasteiger partial charge on any atom is -0.399 e. The van der Waals surface area contributed by atoms with Crippen LogP contribution in [0.25, 0.3) is 33.5 Å². The van der Waals surface area contributed by atoms with Gasteiger partial charge in [-0.05, 0) is 30.3 Å². The van der Waals surface area contributed by atoms with Crippen molar-refractivity contribution in [3.05, 3.63) is 76.8 Å². The molecule has 1 aromatic heterocycles. The van der Waals surface area contributed by atoms with E-state index < -0.39 is 0 Å². The molecule has 0 spiro atoms. The monoisotopic (exact) mass is 365 g/mol. The third-order valence-electron chi connectivity index (χ3n) is 3.95. The van der Waals surface area contributed by atoms with Gasteiger partial charge in [0.25, 0.3) is 0 Å². The van der Waals surface area contributed by atoms with Crippen LogP contribution >= 0.6 is 23.2 Å². The number of fused-ring (bicyclic) bond motifs is 1. The molecule has 0 fully saturated rings. The zero-order chi connectivity index (χ0) is 17.4. The summed E-state index contributed by atoms with van der Waals surface area (Å²) in [6.45, 7) is 0. The number of anilines is 1. The van der Waals surface area contributed by atoms with Gasteiger partial charge in [-0.2, -0.15) is 0 Å². The largest absolute Gasteiger partial charge is 0.399 e. The van der Waals surface area contributed by atoms with Crippen LogP contribution in [0.1, 0.15) is 0 Å². The molecule has 0 bridgehead atoms. The average molecular weight is 366 g/mol. The van der Waals surface area contributed by atoms with Crippen LogP contribution < -0.4 is 5.73 Å². The van der Waals surface area contributed by atoms with Crippen molar-refractivity contribution in [1.82, 2.24) is 9.97 Å². The molecule has 25 heavy (non-hydrogen) atoms. The van der Waals surface area contributed by atoms with Gasteiger partial charge in [0.2, 0.25) is 0 Å². The second-order valence-electron chi connectivity index (χ2n) is 5.63. The summed E-state index contributed by atoms with van der Waals surface area (Å²) >= 11 is 12.8. The van der Waals surface area contributed by atoms with Crippen LogP contribution in [0.3, 0.4) is 0 Å². The fourth-order valence-electron chi connectivity index (χ4n) is 2.75. The highest BCUT2D eigenvalue weighted by Gasteiger charge is 2.17. The Labute approximate surface area is 155 Å². The molecule has 0 atom stereocenters. The first kappa shape index (κ1) is 15.9. The molecule has 0 amide bonds. The van der Waals surface area contributed by atoms with E-state index in [4.69, 9.17) is 38.9 Å². The predicted molar refractivity (Wildman–Crippen MR) is 105 cm³/mol. The molecule has 5 heteroatoms. The van der Waals surface area contributed by atoms with Crippen molar-refractivity contribution in [3.8, 4) is 22.5 Å². The molecule has 3 aromatic carbocycles. The molecule has 0 aliphatic carbocycles. The van der Waals surface area contributed by atoms with Crippen LogP contribution in [-0.4, -0.2) is 9.97 Å². The zero-order valence-electron chi connectivity index (χ0n) is 13.1. The zero-order valence-corrected chi connectivity index (χ0v) is 14.6. The highest BCUT2D eigenvalue weighted by molar-refractivity contribution is 6.34. The Balaban J connectivity index is 2.09. The molecule has 4 rings (SSSR count). The number of hydrogen-bond donors (Lipinski definition) is 1. The normalized spacial score (nSPS) is 11.0. The SMILES string of the molecule is Nc1ccc2nc(-c3ccccc3Cl)c(-c3ccccc3Cl)nc2c1. The van der Waals surface area contributed by atoms with Gasteiger partial charge in [0.05, 0.1) is 32.5 Å². The van der Waals surface area contributed by atoms with Gasteiger partial charge in [-0.3, -0.25) is 0 Å². The van der Waals surface area contributed by atoms with E-state index in [-0.39, 0.29) is 0 Å². The Bertz CT molecular complexity index is 1090. The fourth-order valence-corrected chi connectivity index (χ4v) is 3.20. The number of nitrogens with two attached hydrogens (primary N) is 1. The minimum absolute atomic E-state index is 0.605. The lowest BCUT2D eigenvalue weighted by Crippen LogP contribution is -1.97. The fraction of sp³-hybridized carbons (Fsp3) is 0. The first-order valence-electron chi connectivity index (χ1n) is 7.70. The molecule has 0 unspecified atom stereocenters. The predicted octanol–water partition coefficient (Wildman–Crippen LogP) is 5.85. The van der Waals surface area contributed by atoms with Crippen molar-refractivity contribution in [2.24, 2.45) is 0 Å². The first-order chi connectivity index (χ1) is 12.1. The van der Waals surface area contributed by atoms with Crippen molar-refractivity contribution < 1.29 is 0 Å². The van der Waals surface area contributed by atoms with Crippen LogP contribution in [0.5, 0.6) is 0 Å². The maximum absolute atomic E-state index is 6.41. The lowest BCUT2D eigenvalue weighted by molar-refractivity contribution is 1.29. The molecule has 1 heterocycles. The molecular weight excluding hydrogens is 353 g/mol. The summed E-state index contributed by atoms with van der Waals surface area (Å²) in [7, 11) is 0. The maximum atomic E-state index is 6.41. The van der Waals surface area contributed by atoms with Gasteiger partial charge in [0.1, 0.15) is 0 Å². The van der Waals surface area contributed by atoms with Gasteiger partial charge in [-0.15, -0.1) is 0 Å². The van der Waals surface area contributed by atoms with E-state index in [0.717, 1.165) is 16.6 Å². The number of halogens is 2. The molecular formula is C20H13Cl2N3. The molecule has 4 aromatic rings. The summed E-state index contributed by atoms with van der Waals surface area (Å²) in [6.07, 6.45) is 0. The van der Waals surface area contributed by atoms with Crippen molar-refractivity contribution in [2.45, 2.75) is 0 Å². The van der Waals surface area contributed by atoms with Crippen molar-refractivity contribution in [3.63, 3.8) is 0 Å². The Morgan fingerprint density at radius 1 is 0.640 bits per heavy atom. The summed E-state index contributed by atoms with van der Waals surface area (Å²) in [5.74, 6) is 0. The minimum atomic E-state index is 0.605. The molecule has 2 N–H and O–H groups in total. The summed E-state index contributed by atoms with van der Waals surface area (Å²) in [5, 5.41) is 1.22. The summed E-state index contributed by atoms with van der Waals surface area (Å²) in [4.78, 5) is 9.60. The summed E-state index contributed by atoms with van der Waals surface area (Å²) in [6, 6.07) is 20.6. The summed E-state index contributed by atoms with van der Waals surface area (Å²) < 4.78 is 0. The number of benzene rings is 3. The van der Waals surface area contributed by atoms with E-state index in [1.807, 2.05) is 60.7 Å². The van der Waals surface area contributed by atoms with Crippen LogP contribution in [0.15, 0.2) is 66.7 Å². The van der Waals surface area contributed by atoms with Gasteiger partial charge >= 0.3 is 0 Å². The van der Waals surface area contributed by atoms with Gasteiger partial charge < -0.3 is 5.73 Å². The Hall–Kier alpha value is -2.62. The molecule has 3 nitrogen and oxygen atoms in total. The third-order valence-corrected chi connectivity index (χ3v) is 4.61. The quantitative estimate of drug-likeness (QED) is 0.453. The number of rotatable bonds is 2. The number of nitrogen functional groups attached to an aromatic ring is 1. The van der Waals surface area contributed by atoms with E-state index in [0.29, 0.717) is 32.6 Å². The topological polar surface area (TPSA) is 51.8 Å². The standard InChI is InChI=1S/C20H13Cl2N3/c21-15-7-3-1-5-13(15)19-20(14-6-2-4-8-16(14)22)25-18-11-12(23)9-10-17(18)24-19/h1-11H,23H2. The van der Waals surface area contributed by atoms with E-state index in [1.165, 1.54) is 0 Å². The van der Waals surface area contributed by atoms with E-state index in [1.54, 1.807) is 6.07 Å². The third kappa shape index (κ3) is 2.93. The van der Waals surface area contributed by atoms with Crippen molar-refractivity contribution in [1.29, 1.82) is 0 Å². The van der Waals surface area contributed by atoms with Gasteiger partial charge in [-0.1, -0.05) is 59.6 Å². The molecule has 0 radical (unpaired) electrons. The van der Waals surface area contributed by atoms with Crippen molar-refractivity contribution in [2.75, 3.05) is 5.73 Å². The molecule has 122 valence electrons. The second-order valence-corrected chi connectivity index (χ2v) is 6.44. The molecule has 0 aliphatic rings. The van der Waals surface area contributed by atoms with Crippen LogP contribution in [-0.2, 0) is 0 Å². The highest BCUT2D eigenvalue weighted by Crippen LogP contribution is 2.37. The van der Waals surface area contributed by atoms with Crippen LogP contribution in [0, 0.1) is 0 Å². The second kappa shape index (κ2) is 6.36. The van der Waals surface area contributed by atoms with Gasteiger partial charge in [-0.25, -0.2) is 9.97 Å². The Kier molecular flexibility index (Phi) is 4.04. The molecule has 0 saturated heterocycles. The van der Waals surface area contributed by atoms with Gasteiger partial charge in [0, 0.05) is 16.8 Å². The molecule has 0 saturated carbocycles. The smallest absolute Gasteiger partial charge is 0.0988 e. The van der Waals surface area contributed by atoms with Crippen molar-refractivity contribution >= 4 is 39.9 Å². The highest BCUT2D eigenvalue weighted by atomic mass is 35.5. The van der Waals surface area contributed by atoms with Crippen LogP contribution in [0.4, 0.5) is 5.69 Å². The van der Waals surface area contributed by atoms with E-state index in [2.05, 4.69) is 0 Å². The average Bonchev–Trinajstić information content (AvgIpc) is 2.62. The van der Waals surface area contributed by atoms with E-state index in [9.17, 15) is 0 Å². The molecule has 0 aliphatic heterocycles. The number of nitrogens with zero attached hydrogens (tertiary/aromatic N) is 2. The van der Waals surface area contributed by atoms with E-state index >= 15 is 0 Å². The summed E-state index contributed by atoms with van der Waals surface area (Å²) in [5.41, 5.74) is 11.0. The maximum Gasteiger partial charge on any atom is 0.0988 e. The Morgan fingerprint density at radius 2 is 1.16 bits per heavy atom. The lowest BCUT2D eigenvalue weighted by atomic mass is 10.0.